The highest BCUT2D eigenvalue weighted by Crippen LogP contribution is 2.04. The maximum absolute atomic E-state index is 11.5. The van der Waals surface area contributed by atoms with E-state index in [2.05, 4.69) is 17.1 Å². The summed E-state index contributed by atoms with van der Waals surface area (Å²) in [4.78, 5) is 13.8. The monoisotopic (exact) mass is 317 g/mol. The lowest BCUT2D eigenvalue weighted by Crippen LogP contribution is -2.49. The summed E-state index contributed by atoms with van der Waals surface area (Å²) >= 11 is 0. The highest BCUT2D eigenvalue weighted by Gasteiger charge is 2.18. The molecular formula is C11H25Cl2N3O3. The number of carbonyl (C=O) groups excluding carboxylic acids is 1. The lowest BCUT2D eigenvalue weighted by molar-refractivity contribution is -0.123. The van der Waals surface area contributed by atoms with Crippen molar-refractivity contribution in [2.45, 2.75) is 19.0 Å². The van der Waals surface area contributed by atoms with Crippen molar-refractivity contribution in [3.8, 4) is 0 Å². The van der Waals surface area contributed by atoms with Gasteiger partial charge in [-0.1, -0.05) is 0 Å². The van der Waals surface area contributed by atoms with Gasteiger partial charge in [0, 0.05) is 32.8 Å². The first-order chi connectivity index (χ1) is 8.15. The van der Waals surface area contributed by atoms with Crippen LogP contribution < -0.4 is 11.1 Å². The molecule has 0 saturated carbocycles. The number of nitrogens with two attached hydrogens (primary N) is 1. The van der Waals surface area contributed by atoms with Crippen LogP contribution in [0, 0.1) is 0 Å². The zero-order valence-corrected chi connectivity index (χ0v) is 13.1. The molecule has 1 aliphatic heterocycles. The number of amides is 1. The Morgan fingerprint density at radius 1 is 1.58 bits per heavy atom. The molecule has 1 fully saturated rings. The third-order valence-electron chi connectivity index (χ3n) is 2.89. The van der Waals surface area contributed by atoms with E-state index in [9.17, 15) is 4.79 Å². The molecule has 2 unspecified atom stereocenters. The van der Waals surface area contributed by atoms with E-state index in [1.54, 1.807) is 0 Å². The molecule has 1 rings (SSSR count). The molecule has 19 heavy (non-hydrogen) atoms. The number of hydrogen-bond donors (Lipinski definition) is 2. The van der Waals surface area contributed by atoms with Gasteiger partial charge in [0.25, 0.3) is 0 Å². The zero-order valence-electron chi connectivity index (χ0n) is 11.5. The van der Waals surface area contributed by atoms with E-state index in [1.165, 1.54) is 7.11 Å². The van der Waals surface area contributed by atoms with Crippen molar-refractivity contribution in [3.63, 3.8) is 0 Å². The molecule has 0 aromatic heterocycles. The Bertz CT molecular complexity index is 247. The predicted molar refractivity (Wildman–Crippen MR) is 79.2 cm³/mol. The molecule has 1 amide bonds. The SMILES string of the molecule is COCC(N)C(=O)NCCN1CCOCC1C.Cl.Cl. The van der Waals surface area contributed by atoms with Crippen LogP contribution >= 0.6 is 24.8 Å². The lowest BCUT2D eigenvalue weighted by Gasteiger charge is -2.33. The maximum atomic E-state index is 11.5. The van der Waals surface area contributed by atoms with Crippen LogP contribution in [0.2, 0.25) is 0 Å². The fourth-order valence-electron chi connectivity index (χ4n) is 1.80. The third kappa shape index (κ3) is 7.91. The van der Waals surface area contributed by atoms with Gasteiger partial charge in [-0.25, -0.2) is 0 Å². The van der Waals surface area contributed by atoms with Crippen molar-refractivity contribution >= 4 is 30.7 Å². The summed E-state index contributed by atoms with van der Waals surface area (Å²) in [7, 11) is 1.53. The number of carbonyl (C=O) groups is 1. The second kappa shape index (κ2) is 11.7. The van der Waals surface area contributed by atoms with E-state index in [0.717, 1.165) is 26.3 Å². The van der Waals surface area contributed by atoms with Crippen LogP contribution in [0.5, 0.6) is 0 Å². The van der Waals surface area contributed by atoms with Gasteiger partial charge < -0.3 is 20.5 Å². The summed E-state index contributed by atoms with van der Waals surface area (Å²) in [6.07, 6.45) is 0. The van der Waals surface area contributed by atoms with Gasteiger partial charge in [0.2, 0.25) is 5.91 Å². The molecule has 116 valence electrons. The maximum Gasteiger partial charge on any atom is 0.239 e. The molecule has 6 nitrogen and oxygen atoms in total. The minimum atomic E-state index is -0.581. The van der Waals surface area contributed by atoms with Crippen LogP contribution in [0.4, 0.5) is 0 Å². The minimum Gasteiger partial charge on any atom is -0.383 e. The molecule has 1 saturated heterocycles. The smallest absolute Gasteiger partial charge is 0.239 e. The van der Waals surface area contributed by atoms with Gasteiger partial charge in [-0.05, 0) is 6.92 Å². The van der Waals surface area contributed by atoms with Crippen LogP contribution in [-0.2, 0) is 14.3 Å². The number of hydrogen-bond acceptors (Lipinski definition) is 5. The van der Waals surface area contributed by atoms with Crippen molar-refractivity contribution in [1.82, 2.24) is 10.2 Å². The number of nitrogens with zero attached hydrogens (tertiary/aromatic N) is 1. The molecule has 0 radical (unpaired) electrons. The fraction of sp³-hybridized carbons (Fsp3) is 0.909. The first kappa shape index (κ1) is 21.2. The molecule has 8 heteroatoms. The highest BCUT2D eigenvalue weighted by molar-refractivity contribution is 5.85. The third-order valence-corrected chi connectivity index (χ3v) is 2.89. The average Bonchev–Trinajstić information content (AvgIpc) is 2.31. The second-order valence-electron chi connectivity index (χ2n) is 4.31. The Hall–Kier alpha value is -0.110. The Balaban J connectivity index is 0. The van der Waals surface area contributed by atoms with Crippen LogP contribution in [0.1, 0.15) is 6.92 Å². The molecule has 0 aliphatic carbocycles. The van der Waals surface area contributed by atoms with Crippen molar-refractivity contribution < 1.29 is 14.3 Å². The van der Waals surface area contributed by atoms with Gasteiger partial charge in [0.05, 0.1) is 19.8 Å². The van der Waals surface area contributed by atoms with Crippen molar-refractivity contribution in [3.05, 3.63) is 0 Å². The van der Waals surface area contributed by atoms with Crippen molar-refractivity contribution in [2.24, 2.45) is 5.73 Å². The number of nitrogens with one attached hydrogen (secondary N) is 1. The number of methoxy groups -OCH3 is 1. The molecular weight excluding hydrogens is 293 g/mol. The normalized spacial score (nSPS) is 20.9. The topological polar surface area (TPSA) is 76.8 Å². The molecule has 1 heterocycles. The molecule has 0 aromatic carbocycles. The van der Waals surface area contributed by atoms with Gasteiger partial charge >= 0.3 is 0 Å². The van der Waals surface area contributed by atoms with E-state index in [4.69, 9.17) is 15.2 Å². The van der Waals surface area contributed by atoms with E-state index in [0.29, 0.717) is 12.6 Å². The second-order valence-corrected chi connectivity index (χ2v) is 4.31. The number of halogens is 2. The average molecular weight is 318 g/mol. The van der Waals surface area contributed by atoms with E-state index in [1.807, 2.05) is 0 Å². The zero-order chi connectivity index (χ0) is 12.7. The summed E-state index contributed by atoms with van der Waals surface area (Å²) < 4.78 is 10.2. The van der Waals surface area contributed by atoms with Crippen LogP contribution in [-0.4, -0.2) is 69.5 Å². The standard InChI is InChI=1S/C11H23N3O3.2ClH/c1-9-7-17-6-5-14(9)4-3-13-11(15)10(12)8-16-2;;/h9-10H,3-8,12H2,1-2H3,(H,13,15);2*1H. The van der Waals surface area contributed by atoms with E-state index >= 15 is 0 Å². The fourth-order valence-corrected chi connectivity index (χ4v) is 1.80. The van der Waals surface area contributed by atoms with Gasteiger partial charge in [0.1, 0.15) is 6.04 Å². The molecule has 0 spiro atoms. The minimum absolute atomic E-state index is 0. The first-order valence-electron chi connectivity index (χ1n) is 5.99. The van der Waals surface area contributed by atoms with E-state index < -0.39 is 6.04 Å². The van der Waals surface area contributed by atoms with Crippen LogP contribution in [0.15, 0.2) is 0 Å². The number of rotatable bonds is 6. The summed E-state index contributed by atoms with van der Waals surface area (Å²) in [5.41, 5.74) is 5.60. The Kier molecular flexibility index (Phi) is 13.0. The van der Waals surface area contributed by atoms with E-state index in [-0.39, 0.29) is 37.3 Å². The molecule has 0 bridgehead atoms. The summed E-state index contributed by atoms with van der Waals surface area (Å²) in [5.74, 6) is -0.159. The lowest BCUT2D eigenvalue weighted by atomic mass is 10.2. The highest BCUT2D eigenvalue weighted by atomic mass is 35.5. The van der Waals surface area contributed by atoms with Gasteiger partial charge in [-0.2, -0.15) is 0 Å². The van der Waals surface area contributed by atoms with Crippen LogP contribution in [0.3, 0.4) is 0 Å². The van der Waals surface area contributed by atoms with Gasteiger partial charge in [0.15, 0.2) is 0 Å². The van der Waals surface area contributed by atoms with Crippen LogP contribution in [0.25, 0.3) is 0 Å². The van der Waals surface area contributed by atoms with Crippen molar-refractivity contribution in [1.29, 1.82) is 0 Å². The van der Waals surface area contributed by atoms with Crippen molar-refractivity contribution in [2.75, 3.05) is 46.6 Å². The van der Waals surface area contributed by atoms with Gasteiger partial charge in [-0.15, -0.1) is 24.8 Å². The number of ether oxygens (including phenoxy) is 2. The molecule has 2 atom stereocenters. The molecule has 1 aliphatic rings. The first-order valence-corrected chi connectivity index (χ1v) is 5.99. The summed E-state index contributed by atoms with van der Waals surface area (Å²) in [5, 5.41) is 2.81. The summed E-state index contributed by atoms with van der Waals surface area (Å²) in [6, 6.07) is -0.171. The Labute approximate surface area is 127 Å². The largest absolute Gasteiger partial charge is 0.383 e. The Morgan fingerprint density at radius 2 is 2.26 bits per heavy atom. The Morgan fingerprint density at radius 3 is 2.84 bits per heavy atom. The van der Waals surface area contributed by atoms with Gasteiger partial charge in [-0.3, -0.25) is 9.69 Å². The predicted octanol–water partition coefficient (Wildman–Crippen LogP) is -0.359. The molecule has 3 N–H and O–H groups in total. The summed E-state index contributed by atoms with van der Waals surface area (Å²) in [6.45, 7) is 6.26. The number of morpholine rings is 1. The quantitative estimate of drug-likeness (QED) is 0.699. The molecule has 0 aromatic rings.